The average Bonchev–Trinajstić information content (AvgIpc) is 3.15. The number of aromatic nitrogens is 3. The topological polar surface area (TPSA) is 102 Å². The van der Waals surface area contributed by atoms with Gasteiger partial charge in [0.1, 0.15) is 11.1 Å². The lowest BCUT2D eigenvalue weighted by Gasteiger charge is -2.34. The molecule has 0 unspecified atom stereocenters. The van der Waals surface area contributed by atoms with E-state index in [-0.39, 0.29) is 18.2 Å². The van der Waals surface area contributed by atoms with Crippen LogP contribution in [0.5, 0.6) is 0 Å². The maximum Gasteiger partial charge on any atom is 0.407 e. The normalized spacial score (nSPS) is 16.5. The van der Waals surface area contributed by atoms with Gasteiger partial charge in [0.05, 0.1) is 18.7 Å². The molecule has 3 aromatic rings. The van der Waals surface area contributed by atoms with Gasteiger partial charge in [0.25, 0.3) is 5.56 Å². The maximum atomic E-state index is 13.3. The van der Waals surface area contributed by atoms with Gasteiger partial charge < -0.3 is 29.2 Å². The van der Waals surface area contributed by atoms with Crippen molar-refractivity contribution in [2.45, 2.75) is 58.4 Å². The third-order valence-electron chi connectivity index (χ3n) is 6.09. The SMILES string of the molecule is Cn1c(CO)cc2nc(N3CCC[C@@H](NC(=O)OC(C)(C)C)C3)n(Cc3ccccc3Cl)c2c1=O. The number of anilines is 1. The van der Waals surface area contributed by atoms with Gasteiger partial charge >= 0.3 is 6.09 Å². The minimum atomic E-state index is -0.578. The molecule has 3 heterocycles. The fraction of sp³-hybridized carbons (Fsp3) is 0.480. The van der Waals surface area contributed by atoms with Gasteiger partial charge in [-0.25, -0.2) is 9.78 Å². The summed E-state index contributed by atoms with van der Waals surface area (Å²) in [6.45, 7) is 6.84. The molecule has 0 radical (unpaired) electrons. The van der Waals surface area contributed by atoms with Crippen molar-refractivity contribution in [1.82, 2.24) is 19.4 Å². The summed E-state index contributed by atoms with van der Waals surface area (Å²) in [5.41, 5.74) is 1.50. The van der Waals surface area contributed by atoms with E-state index in [1.165, 1.54) is 4.57 Å². The van der Waals surface area contributed by atoms with Gasteiger partial charge in [-0.3, -0.25) is 4.79 Å². The molecule has 2 aromatic heterocycles. The highest BCUT2D eigenvalue weighted by Gasteiger charge is 2.28. The number of fused-ring (bicyclic) bond motifs is 1. The fourth-order valence-electron chi connectivity index (χ4n) is 4.42. The molecular weight excluding hydrogens is 470 g/mol. The van der Waals surface area contributed by atoms with Crippen LogP contribution in [0.1, 0.15) is 44.9 Å². The van der Waals surface area contributed by atoms with Crippen molar-refractivity contribution in [3.05, 3.63) is 57.0 Å². The number of aliphatic hydroxyl groups is 1. The second-order valence-corrected chi connectivity index (χ2v) is 10.3. The highest BCUT2D eigenvalue weighted by atomic mass is 35.5. The van der Waals surface area contributed by atoms with E-state index in [0.29, 0.717) is 40.8 Å². The molecule has 1 fully saturated rings. The number of rotatable bonds is 5. The van der Waals surface area contributed by atoms with Crippen LogP contribution in [0.3, 0.4) is 0 Å². The molecule has 1 atom stereocenters. The number of ether oxygens (including phenoxy) is 1. The fourth-order valence-corrected chi connectivity index (χ4v) is 4.62. The number of halogens is 1. The molecule has 10 heteroatoms. The number of amides is 1. The van der Waals surface area contributed by atoms with E-state index in [0.717, 1.165) is 24.9 Å². The smallest absolute Gasteiger partial charge is 0.407 e. The van der Waals surface area contributed by atoms with Crippen LogP contribution in [0.2, 0.25) is 5.02 Å². The van der Waals surface area contributed by atoms with Crippen molar-refractivity contribution >= 4 is 34.7 Å². The molecule has 0 saturated carbocycles. The van der Waals surface area contributed by atoms with Crippen molar-refractivity contribution in [3.63, 3.8) is 0 Å². The first-order valence-corrected chi connectivity index (χ1v) is 12.1. The van der Waals surface area contributed by atoms with Crippen LogP contribution < -0.4 is 15.8 Å². The first kappa shape index (κ1) is 25.1. The lowest BCUT2D eigenvalue weighted by Crippen LogP contribution is -2.49. The number of hydrogen-bond donors (Lipinski definition) is 2. The number of nitrogens with zero attached hydrogens (tertiary/aromatic N) is 4. The van der Waals surface area contributed by atoms with Crippen LogP contribution >= 0.6 is 11.6 Å². The molecule has 35 heavy (non-hydrogen) atoms. The molecule has 0 aliphatic carbocycles. The Balaban J connectivity index is 1.73. The first-order chi connectivity index (χ1) is 16.6. The zero-order chi connectivity index (χ0) is 25.3. The maximum absolute atomic E-state index is 13.3. The van der Waals surface area contributed by atoms with Crippen LogP contribution in [-0.2, 0) is 24.9 Å². The second-order valence-electron chi connectivity index (χ2n) is 9.91. The Labute approximate surface area is 209 Å². The average molecular weight is 502 g/mol. The number of piperidine rings is 1. The summed E-state index contributed by atoms with van der Waals surface area (Å²) >= 11 is 6.46. The Morgan fingerprint density at radius 3 is 2.74 bits per heavy atom. The zero-order valence-corrected chi connectivity index (χ0v) is 21.3. The van der Waals surface area contributed by atoms with E-state index in [4.69, 9.17) is 21.3 Å². The van der Waals surface area contributed by atoms with E-state index in [9.17, 15) is 14.7 Å². The summed E-state index contributed by atoms with van der Waals surface area (Å²) in [6, 6.07) is 9.13. The van der Waals surface area contributed by atoms with Crippen LogP contribution in [0.4, 0.5) is 10.7 Å². The van der Waals surface area contributed by atoms with Gasteiger partial charge in [-0.15, -0.1) is 0 Å². The number of nitrogens with one attached hydrogen (secondary N) is 1. The highest BCUT2D eigenvalue weighted by Crippen LogP contribution is 2.27. The molecule has 9 nitrogen and oxygen atoms in total. The quantitative estimate of drug-likeness (QED) is 0.555. The summed E-state index contributed by atoms with van der Waals surface area (Å²) in [5.74, 6) is 0.628. The summed E-state index contributed by atoms with van der Waals surface area (Å²) in [7, 11) is 1.64. The minimum absolute atomic E-state index is 0.122. The van der Waals surface area contributed by atoms with Crippen molar-refractivity contribution in [2.75, 3.05) is 18.0 Å². The van der Waals surface area contributed by atoms with Crippen molar-refractivity contribution < 1.29 is 14.6 Å². The molecule has 0 bridgehead atoms. The van der Waals surface area contributed by atoms with Crippen LogP contribution in [0.25, 0.3) is 11.0 Å². The van der Waals surface area contributed by atoms with Crippen LogP contribution in [0.15, 0.2) is 35.1 Å². The number of pyridine rings is 1. The third-order valence-corrected chi connectivity index (χ3v) is 6.46. The van der Waals surface area contributed by atoms with Gasteiger partial charge in [-0.05, 0) is 51.3 Å². The monoisotopic (exact) mass is 501 g/mol. The van der Waals surface area contributed by atoms with Gasteiger partial charge in [0.15, 0.2) is 0 Å². The van der Waals surface area contributed by atoms with E-state index < -0.39 is 11.7 Å². The predicted molar refractivity (Wildman–Crippen MR) is 136 cm³/mol. The minimum Gasteiger partial charge on any atom is -0.444 e. The van der Waals surface area contributed by atoms with E-state index in [2.05, 4.69) is 10.2 Å². The third kappa shape index (κ3) is 5.46. The number of alkyl carbamates (subject to hydrolysis) is 1. The molecule has 1 aromatic carbocycles. The van der Waals surface area contributed by atoms with Crippen LogP contribution in [0, 0.1) is 0 Å². The predicted octanol–water partition coefficient (Wildman–Crippen LogP) is 3.42. The van der Waals surface area contributed by atoms with E-state index in [1.807, 2.05) is 49.6 Å². The Bertz CT molecular complexity index is 1290. The Kier molecular flexibility index (Phi) is 7.10. The number of carbonyl (C=O) groups excluding carboxylic acids is 1. The zero-order valence-electron chi connectivity index (χ0n) is 20.5. The number of hydrogen-bond acceptors (Lipinski definition) is 6. The molecule has 1 aliphatic rings. The molecule has 188 valence electrons. The van der Waals surface area contributed by atoms with Gasteiger partial charge in [0, 0.05) is 36.9 Å². The first-order valence-electron chi connectivity index (χ1n) is 11.7. The largest absolute Gasteiger partial charge is 0.444 e. The van der Waals surface area contributed by atoms with E-state index >= 15 is 0 Å². The lowest BCUT2D eigenvalue weighted by molar-refractivity contribution is 0.0499. The summed E-state index contributed by atoms with van der Waals surface area (Å²) < 4.78 is 8.76. The molecule has 0 spiro atoms. The second kappa shape index (κ2) is 9.91. The number of aliphatic hydroxyl groups excluding tert-OH is 1. The van der Waals surface area contributed by atoms with Crippen molar-refractivity contribution in [2.24, 2.45) is 7.05 Å². The molecule has 1 saturated heterocycles. The summed E-state index contributed by atoms with van der Waals surface area (Å²) in [5, 5.41) is 13.3. The molecule has 4 rings (SSSR count). The molecule has 1 aliphatic heterocycles. The van der Waals surface area contributed by atoms with Crippen LogP contribution in [-0.4, -0.2) is 50.1 Å². The Morgan fingerprint density at radius 2 is 2.06 bits per heavy atom. The lowest BCUT2D eigenvalue weighted by atomic mass is 10.1. The van der Waals surface area contributed by atoms with Gasteiger partial charge in [-0.1, -0.05) is 29.8 Å². The number of carbonyl (C=O) groups is 1. The van der Waals surface area contributed by atoms with Crippen molar-refractivity contribution in [1.29, 1.82) is 0 Å². The standard InChI is InChI=1S/C25H32ClN5O4/c1-25(2,3)35-24(34)27-17-9-7-11-30(14-17)23-28-20-12-18(15-32)29(4)22(33)21(20)31(23)13-16-8-5-6-10-19(16)26/h5-6,8,10,12,17,32H,7,9,11,13-15H2,1-4H3,(H,27,34)/t17-/m1/s1. The molecule has 1 amide bonds. The van der Waals surface area contributed by atoms with Gasteiger partial charge in [0.2, 0.25) is 5.95 Å². The summed E-state index contributed by atoms with van der Waals surface area (Å²) in [4.78, 5) is 32.6. The van der Waals surface area contributed by atoms with Gasteiger partial charge in [-0.2, -0.15) is 0 Å². The number of benzene rings is 1. The number of imidazole rings is 1. The Morgan fingerprint density at radius 1 is 1.31 bits per heavy atom. The van der Waals surface area contributed by atoms with Crippen molar-refractivity contribution in [3.8, 4) is 0 Å². The molecular formula is C25H32ClN5O4. The van der Waals surface area contributed by atoms with E-state index in [1.54, 1.807) is 13.1 Å². The molecule has 2 N–H and O–H groups in total. The highest BCUT2D eigenvalue weighted by molar-refractivity contribution is 6.31. The summed E-state index contributed by atoms with van der Waals surface area (Å²) in [6.07, 6.45) is 1.21. The Hall–Kier alpha value is -3.04.